The molecule has 24 heavy (non-hydrogen) atoms. The molecule has 0 aliphatic carbocycles. The number of amides is 1. The monoisotopic (exact) mass is 353 g/mol. The molecule has 118 valence electrons. The smallest absolute Gasteiger partial charge is 0.256 e. The molecule has 0 atom stereocenters. The molecular formula is C17H11N3O2S2. The second-order valence-electron chi connectivity index (χ2n) is 4.91. The fourth-order valence-electron chi connectivity index (χ4n) is 2.16. The van der Waals surface area contributed by atoms with Crippen molar-refractivity contribution in [2.75, 3.05) is 5.32 Å². The quantitative estimate of drug-likeness (QED) is 0.572. The maximum Gasteiger partial charge on any atom is 0.256 e. The molecule has 0 radical (unpaired) electrons. The van der Waals surface area contributed by atoms with Gasteiger partial charge in [0.15, 0.2) is 0 Å². The third kappa shape index (κ3) is 2.99. The summed E-state index contributed by atoms with van der Waals surface area (Å²) < 4.78 is 5.83. The number of carbonyl (C=O) groups is 1. The maximum atomic E-state index is 12.0. The molecule has 3 heterocycles. The van der Waals surface area contributed by atoms with E-state index < -0.39 is 0 Å². The van der Waals surface area contributed by atoms with E-state index in [-0.39, 0.29) is 5.91 Å². The first-order valence-electron chi connectivity index (χ1n) is 7.09. The van der Waals surface area contributed by atoms with E-state index in [4.69, 9.17) is 4.74 Å². The van der Waals surface area contributed by atoms with Gasteiger partial charge in [-0.05, 0) is 47.2 Å². The van der Waals surface area contributed by atoms with E-state index in [0.717, 1.165) is 10.2 Å². The van der Waals surface area contributed by atoms with Gasteiger partial charge in [0.25, 0.3) is 5.91 Å². The van der Waals surface area contributed by atoms with Gasteiger partial charge < -0.3 is 10.1 Å². The lowest BCUT2D eigenvalue weighted by Crippen LogP contribution is -2.10. The van der Waals surface area contributed by atoms with Crippen LogP contribution in [0.1, 0.15) is 10.4 Å². The highest BCUT2D eigenvalue weighted by Crippen LogP contribution is 2.29. The molecule has 1 aromatic carbocycles. The number of carbonyl (C=O) groups excluding carboxylic acids is 1. The van der Waals surface area contributed by atoms with Gasteiger partial charge in [-0.15, -0.1) is 11.3 Å². The number of benzene rings is 1. The third-order valence-electron chi connectivity index (χ3n) is 3.34. The second kappa shape index (κ2) is 6.38. The molecule has 0 unspecified atom stereocenters. The van der Waals surface area contributed by atoms with E-state index >= 15 is 0 Å². The van der Waals surface area contributed by atoms with Crippen molar-refractivity contribution < 1.29 is 9.53 Å². The number of fused-ring (bicyclic) bond motifs is 1. The van der Waals surface area contributed by atoms with Crippen molar-refractivity contribution in [1.82, 2.24) is 9.97 Å². The topological polar surface area (TPSA) is 64.1 Å². The average molecular weight is 353 g/mol. The predicted molar refractivity (Wildman–Crippen MR) is 96.2 cm³/mol. The van der Waals surface area contributed by atoms with Gasteiger partial charge in [0.1, 0.15) is 16.9 Å². The fourth-order valence-corrected chi connectivity index (χ4v) is 3.52. The molecule has 0 saturated heterocycles. The molecule has 7 heteroatoms. The summed E-state index contributed by atoms with van der Waals surface area (Å²) in [5.74, 6) is 1.05. The van der Waals surface area contributed by atoms with Gasteiger partial charge in [-0.2, -0.15) is 11.3 Å². The Morgan fingerprint density at radius 2 is 1.92 bits per heavy atom. The van der Waals surface area contributed by atoms with Gasteiger partial charge in [-0.25, -0.2) is 9.97 Å². The Morgan fingerprint density at radius 1 is 1.04 bits per heavy atom. The highest BCUT2D eigenvalue weighted by Gasteiger charge is 2.08. The van der Waals surface area contributed by atoms with Gasteiger partial charge in [-0.3, -0.25) is 4.79 Å². The van der Waals surface area contributed by atoms with E-state index in [9.17, 15) is 4.79 Å². The highest BCUT2D eigenvalue weighted by atomic mass is 32.1. The Hall–Kier alpha value is -2.77. The van der Waals surface area contributed by atoms with Crippen molar-refractivity contribution in [1.29, 1.82) is 0 Å². The number of nitrogens with zero attached hydrogens (tertiary/aromatic N) is 2. The summed E-state index contributed by atoms with van der Waals surface area (Å²) in [6.07, 6.45) is 1.49. The molecule has 1 amide bonds. The SMILES string of the molecule is O=C(Nc1ccc(Oc2ncnc3sccc23)cc1)c1ccsc1. The summed E-state index contributed by atoms with van der Waals surface area (Å²) in [6.45, 7) is 0. The van der Waals surface area contributed by atoms with Crippen LogP contribution in [-0.4, -0.2) is 15.9 Å². The largest absolute Gasteiger partial charge is 0.438 e. The summed E-state index contributed by atoms with van der Waals surface area (Å²) >= 11 is 3.03. The molecule has 0 saturated carbocycles. The summed E-state index contributed by atoms with van der Waals surface area (Å²) in [7, 11) is 0. The van der Waals surface area contributed by atoms with Gasteiger partial charge in [0, 0.05) is 11.1 Å². The number of hydrogen-bond donors (Lipinski definition) is 1. The van der Waals surface area contributed by atoms with Gasteiger partial charge in [-0.1, -0.05) is 0 Å². The zero-order valence-electron chi connectivity index (χ0n) is 12.3. The standard InChI is InChI=1S/C17H11N3O2S2/c21-15(11-5-7-23-9-11)20-12-1-3-13(4-2-12)22-16-14-6-8-24-17(14)19-10-18-16/h1-10H,(H,20,21). The number of thiophene rings is 2. The Labute approximate surface area is 145 Å². The zero-order valence-corrected chi connectivity index (χ0v) is 13.9. The second-order valence-corrected chi connectivity index (χ2v) is 6.59. The number of anilines is 1. The molecule has 0 aliphatic heterocycles. The van der Waals surface area contributed by atoms with Crippen LogP contribution in [0.5, 0.6) is 11.6 Å². The van der Waals surface area contributed by atoms with Crippen molar-refractivity contribution in [3.63, 3.8) is 0 Å². The van der Waals surface area contributed by atoms with Crippen LogP contribution in [0, 0.1) is 0 Å². The molecule has 5 nitrogen and oxygen atoms in total. The number of ether oxygens (including phenoxy) is 1. The minimum absolute atomic E-state index is 0.124. The van der Waals surface area contributed by atoms with E-state index in [1.54, 1.807) is 41.7 Å². The summed E-state index contributed by atoms with van der Waals surface area (Å²) in [6, 6.07) is 10.9. The molecule has 1 N–H and O–H groups in total. The number of rotatable bonds is 4. The Balaban J connectivity index is 1.50. The number of nitrogens with one attached hydrogen (secondary N) is 1. The van der Waals surface area contributed by atoms with E-state index in [1.165, 1.54) is 17.7 Å². The minimum Gasteiger partial charge on any atom is -0.438 e. The van der Waals surface area contributed by atoms with Crippen molar-refractivity contribution in [3.05, 3.63) is 64.4 Å². The highest BCUT2D eigenvalue weighted by molar-refractivity contribution is 7.16. The fraction of sp³-hybridized carbons (Fsp3) is 0. The predicted octanol–water partition coefficient (Wildman–Crippen LogP) is 4.80. The van der Waals surface area contributed by atoms with E-state index in [0.29, 0.717) is 22.9 Å². The van der Waals surface area contributed by atoms with Crippen LogP contribution in [0.2, 0.25) is 0 Å². The first-order valence-corrected chi connectivity index (χ1v) is 8.91. The number of hydrogen-bond acceptors (Lipinski definition) is 6. The zero-order chi connectivity index (χ0) is 16.4. The lowest BCUT2D eigenvalue weighted by molar-refractivity contribution is 0.102. The Bertz CT molecular complexity index is 979. The lowest BCUT2D eigenvalue weighted by Gasteiger charge is -2.07. The van der Waals surface area contributed by atoms with Crippen LogP contribution in [0.25, 0.3) is 10.2 Å². The van der Waals surface area contributed by atoms with Crippen molar-refractivity contribution in [3.8, 4) is 11.6 Å². The molecule has 0 fully saturated rings. The van der Waals surface area contributed by atoms with Crippen LogP contribution < -0.4 is 10.1 Å². The third-order valence-corrected chi connectivity index (χ3v) is 4.84. The molecule has 0 aliphatic rings. The van der Waals surface area contributed by atoms with Crippen LogP contribution in [-0.2, 0) is 0 Å². The van der Waals surface area contributed by atoms with Crippen molar-refractivity contribution >= 4 is 44.5 Å². The Morgan fingerprint density at radius 3 is 2.71 bits per heavy atom. The first kappa shape index (κ1) is 14.8. The Kier molecular flexibility index (Phi) is 3.94. The van der Waals surface area contributed by atoms with E-state index in [2.05, 4.69) is 15.3 Å². The molecule has 4 rings (SSSR count). The van der Waals surface area contributed by atoms with Crippen LogP contribution in [0.3, 0.4) is 0 Å². The molecular weight excluding hydrogens is 342 g/mol. The van der Waals surface area contributed by atoms with E-state index in [1.807, 2.05) is 22.2 Å². The number of aromatic nitrogens is 2. The summed E-state index contributed by atoms with van der Waals surface area (Å²) in [5, 5.41) is 9.38. The van der Waals surface area contributed by atoms with Crippen LogP contribution in [0.4, 0.5) is 5.69 Å². The van der Waals surface area contributed by atoms with Crippen molar-refractivity contribution in [2.45, 2.75) is 0 Å². The first-order chi connectivity index (χ1) is 11.8. The van der Waals surface area contributed by atoms with Gasteiger partial charge in [0.05, 0.1) is 10.9 Å². The summed E-state index contributed by atoms with van der Waals surface area (Å²) in [5.41, 5.74) is 1.36. The molecule has 3 aromatic heterocycles. The van der Waals surface area contributed by atoms with Crippen LogP contribution >= 0.6 is 22.7 Å². The molecule has 0 bridgehead atoms. The van der Waals surface area contributed by atoms with Gasteiger partial charge >= 0.3 is 0 Å². The van der Waals surface area contributed by atoms with Crippen molar-refractivity contribution in [2.24, 2.45) is 0 Å². The summed E-state index contributed by atoms with van der Waals surface area (Å²) in [4.78, 5) is 21.3. The molecule has 0 spiro atoms. The lowest BCUT2D eigenvalue weighted by atomic mass is 10.2. The van der Waals surface area contributed by atoms with Gasteiger partial charge in [0.2, 0.25) is 5.88 Å². The normalized spacial score (nSPS) is 10.7. The average Bonchev–Trinajstić information content (AvgIpc) is 3.28. The maximum absolute atomic E-state index is 12.0. The molecule has 4 aromatic rings. The van der Waals surface area contributed by atoms with Crippen LogP contribution in [0.15, 0.2) is 58.9 Å². The minimum atomic E-state index is -0.124.